The molecule has 0 radical (unpaired) electrons. The standard InChI is InChI=1S/C22H21N7S/c1-14-19(29-13-15(9-10-23)7-8-17(29)26-14)22-27-18(16-5-3-2-4-6-16)20(30-22)21-24-11-12-25-28-21/h2-8,12-13H,9-11,23H2,1H3,(H,24,28). The van der Waals surface area contributed by atoms with E-state index >= 15 is 0 Å². The largest absolute Gasteiger partial charge is 0.330 e. The van der Waals surface area contributed by atoms with E-state index in [1.807, 2.05) is 31.2 Å². The molecule has 1 aliphatic heterocycles. The number of hydrazone groups is 1. The molecule has 1 aliphatic rings. The first kappa shape index (κ1) is 18.7. The lowest BCUT2D eigenvalue weighted by Gasteiger charge is -2.08. The lowest BCUT2D eigenvalue weighted by Crippen LogP contribution is -2.22. The Hall–Kier alpha value is -3.36. The van der Waals surface area contributed by atoms with E-state index in [1.54, 1.807) is 17.6 Å². The van der Waals surface area contributed by atoms with Crippen molar-refractivity contribution >= 4 is 29.0 Å². The first-order chi connectivity index (χ1) is 14.7. The summed E-state index contributed by atoms with van der Waals surface area (Å²) in [4.78, 5) is 15.4. The molecule has 0 atom stereocenters. The average Bonchev–Trinajstić information content (AvgIpc) is 3.35. The van der Waals surface area contributed by atoms with E-state index in [0.29, 0.717) is 13.1 Å². The highest BCUT2D eigenvalue weighted by Crippen LogP contribution is 2.36. The van der Waals surface area contributed by atoms with Crippen LogP contribution in [0.15, 0.2) is 58.8 Å². The Kier molecular flexibility index (Phi) is 4.86. The molecule has 0 saturated heterocycles. The van der Waals surface area contributed by atoms with Gasteiger partial charge >= 0.3 is 0 Å². The maximum Gasteiger partial charge on any atom is 0.161 e. The summed E-state index contributed by atoms with van der Waals surface area (Å²) < 4.78 is 2.12. The van der Waals surface area contributed by atoms with Gasteiger partial charge in [0.05, 0.1) is 22.8 Å². The summed E-state index contributed by atoms with van der Waals surface area (Å²) in [6.45, 7) is 3.19. The van der Waals surface area contributed by atoms with Crippen LogP contribution in [-0.4, -0.2) is 39.5 Å². The van der Waals surface area contributed by atoms with Crippen LogP contribution in [0.1, 0.15) is 16.1 Å². The molecule has 0 unspecified atom stereocenters. The van der Waals surface area contributed by atoms with Gasteiger partial charge in [0, 0.05) is 18.0 Å². The number of nitrogens with zero attached hydrogens (tertiary/aromatic N) is 5. The van der Waals surface area contributed by atoms with Gasteiger partial charge in [-0.3, -0.25) is 14.8 Å². The molecule has 4 aromatic rings. The number of nitrogens with one attached hydrogen (secondary N) is 1. The van der Waals surface area contributed by atoms with Crippen molar-refractivity contribution in [2.75, 3.05) is 13.1 Å². The SMILES string of the molecule is Cc1nc2ccc(CCN)cn2c1-c1nc(-c2ccccc2)c(C2=NCC=NN2)s1. The number of imidazole rings is 1. The molecule has 3 N–H and O–H groups in total. The van der Waals surface area contributed by atoms with Crippen molar-refractivity contribution in [2.24, 2.45) is 15.8 Å². The quantitative estimate of drug-likeness (QED) is 0.523. The molecule has 150 valence electrons. The van der Waals surface area contributed by atoms with E-state index in [4.69, 9.17) is 15.7 Å². The number of nitrogens with two attached hydrogens (primary N) is 1. The molecule has 0 aliphatic carbocycles. The van der Waals surface area contributed by atoms with Crippen molar-refractivity contribution in [3.05, 3.63) is 64.8 Å². The molecule has 8 heteroatoms. The third kappa shape index (κ3) is 3.30. The fourth-order valence-corrected chi connectivity index (χ4v) is 4.73. The van der Waals surface area contributed by atoms with Gasteiger partial charge in [0.25, 0.3) is 0 Å². The number of hydrogen-bond acceptors (Lipinski definition) is 7. The second-order valence-electron chi connectivity index (χ2n) is 7.03. The van der Waals surface area contributed by atoms with Gasteiger partial charge in [0.1, 0.15) is 16.3 Å². The van der Waals surface area contributed by atoms with E-state index in [1.165, 1.54) is 5.56 Å². The molecule has 0 amide bonds. The van der Waals surface area contributed by atoms with Crippen molar-refractivity contribution in [3.8, 4) is 22.0 Å². The van der Waals surface area contributed by atoms with Crippen LogP contribution in [0.25, 0.3) is 27.6 Å². The van der Waals surface area contributed by atoms with Crippen LogP contribution in [0.5, 0.6) is 0 Å². The molecule has 0 saturated carbocycles. The minimum Gasteiger partial charge on any atom is -0.330 e. The van der Waals surface area contributed by atoms with Gasteiger partial charge in [-0.05, 0) is 31.5 Å². The van der Waals surface area contributed by atoms with Gasteiger partial charge in [-0.15, -0.1) is 11.3 Å². The molecule has 0 spiro atoms. The topological polar surface area (TPSA) is 93.0 Å². The van der Waals surface area contributed by atoms with Crippen LogP contribution in [0.3, 0.4) is 0 Å². The number of rotatable bonds is 5. The summed E-state index contributed by atoms with van der Waals surface area (Å²) in [5, 5.41) is 5.09. The van der Waals surface area contributed by atoms with Gasteiger partial charge in [-0.2, -0.15) is 5.10 Å². The van der Waals surface area contributed by atoms with Crippen LogP contribution in [0.2, 0.25) is 0 Å². The third-order valence-corrected chi connectivity index (χ3v) is 6.04. The maximum absolute atomic E-state index is 5.76. The minimum atomic E-state index is 0.556. The number of aromatic nitrogens is 3. The third-order valence-electron chi connectivity index (χ3n) is 4.97. The zero-order chi connectivity index (χ0) is 20.5. The van der Waals surface area contributed by atoms with Crippen molar-refractivity contribution in [1.82, 2.24) is 19.8 Å². The lowest BCUT2D eigenvalue weighted by molar-refractivity contribution is 0.952. The van der Waals surface area contributed by atoms with Crippen LogP contribution in [0, 0.1) is 6.92 Å². The minimum absolute atomic E-state index is 0.556. The monoisotopic (exact) mass is 415 g/mol. The molecule has 4 heterocycles. The van der Waals surface area contributed by atoms with Gasteiger partial charge in [-0.25, -0.2) is 9.97 Å². The summed E-state index contributed by atoms with van der Waals surface area (Å²) in [5.74, 6) is 0.746. The Morgan fingerprint density at radius 2 is 2.00 bits per heavy atom. The Labute approximate surface area is 178 Å². The fourth-order valence-electron chi connectivity index (χ4n) is 3.59. The molecule has 5 rings (SSSR count). The number of hydrogen-bond donors (Lipinski definition) is 2. The normalized spacial score (nSPS) is 13.5. The Morgan fingerprint density at radius 3 is 2.77 bits per heavy atom. The number of benzene rings is 1. The van der Waals surface area contributed by atoms with Crippen LogP contribution < -0.4 is 11.2 Å². The zero-order valence-electron chi connectivity index (χ0n) is 16.5. The second kappa shape index (κ2) is 7.81. The molecule has 0 bridgehead atoms. The number of fused-ring (bicyclic) bond motifs is 1. The molecule has 3 aromatic heterocycles. The predicted molar refractivity (Wildman–Crippen MR) is 122 cm³/mol. The lowest BCUT2D eigenvalue weighted by atomic mass is 10.1. The molecule has 7 nitrogen and oxygen atoms in total. The van der Waals surface area contributed by atoms with E-state index in [0.717, 1.165) is 50.4 Å². The summed E-state index contributed by atoms with van der Waals surface area (Å²) in [6, 6.07) is 14.3. The van der Waals surface area contributed by atoms with Crippen LogP contribution >= 0.6 is 11.3 Å². The van der Waals surface area contributed by atoms with Crippen molar-refractivity contribution in [1.29, 1.82) is 0 Å². The molecule has 30 heavy (non-hydrogen) atoms. The van der Waals surface area contributed by atoms with Gasteiger partial charge < -0.3 is 5.73 Å². The first-order valence-electron chi connectivity index (χ1n) is 9.81. The summed E-state index contributed by atoms with van der Waals surface area (Å²) in [7, 11) is 0. The van der Waals surface area contributed by atoms with E-state index < -0.39 is 0 Å². The van der Waals surface area contributed by atoms with Crippen LogP contribution in [-0.2, 0) is 6.42 Å². The number of aliphatic imine (C=N–C) groups is 1. The summed E-state index contributed by atoms with van der Waals surface area (Å²) in [6.07, 6.45) is 4.69. The highest BCUT2D eigenvalue weighted by atomic mass is 32.1. The number of aryl methyl sites for hydroxylation is 1. The van der Waals surface area contributed by atoms with Crippen molar-refractivity contribution < 1.29 is 0 Å². The first-order valence-corrected chi connectivity index (χ1v) is 10.6. The molecular weight excluding hydrogens is 394 g/mol. The van der Waals surface area contributed by atoms with Gasteiger partial charge in [-0.1, -0.05) is 36.4 Å². The maximum atomic E-state index is 5.76. The van der Waals surface area contributed by atoms with E-state index in [-0.39, 0.29) is 0 Å². The molecule has 1 aromatic carbocycles. The smallest absolute Gasteiger partial charge is 0.161 e. The van der Waals surface area contributed by atoms with E-state index in [2.05, 4.69) is 44.3 Å². The van der Waals surface area contributed by atoms with E-state index in [9.17, 15) is 0 Å². The highest BCUT2D eigenvalue weighted by Gasteiger charge is 2.22. The summed E-state index contributed by atoms with van der Waals surface area (Å²) >= 11 is 1.60. The Bertz CT molecular complexity index is 1270. The second-order valence-corrected chi connectivity index (χ2v) is 8.02. The number of amidine groups is 1. The van der Waals surface area contributed by atoms with Crippen LogP contribution in [0.4, 0.5) is 0 Å². The van der Waals surface area contributed by atoms with Gasteiger partial charge in [0.15, 0.2) is 5.84 Å². The van der Waals surface area contributed by atoms with Crippen molar-refractivity contribution in [2.45, 2.75) is 13.3 Å². The fraction of sp³-hybridized carbons (Fsp3) is 0.182. The predicted octanol–water partition coefficient (Wildman–Crippen LogP) is 3.27. The van der Waals surface area contributed by atoms with Crippen molar-refractivity contribution in [3.63, 3.8) is 0 Å². The zero-order valence-corrected chi connectivity index (χ0v) is 17.4. The van der Waals surface area contributed by atoms with Gasteiger partial charge in [0.2, 0.25) is 0 Å². The Morgan fingerprint density at radius 1 is 1.13 bits per heavy atom. The molecule has 0 fully saturated rings. The number of pyridine rings is 1. The average molecular weight is 416 g/mol. The molecular formula is C22H21N7S. The number of thiazole rings is 1. The summed E-state index contributed by atoms with van der Waals surface area (Å²) in [5.41, 5.74) is 14.8. The Balaban J connectivity index is 1.70. The highest BCUT2D eigenvalue weighted by molar-refractivity contribution is 7.17.